The maximum Gasteiger partial charge on any atom is 0.180 e. The Morgan fingerprint density at radius 1 is 1.60 bits per heavy atom. The van der Waals surface area contributed by atoms with Crippen molar-refractivity contribution in [3.8, 4) is 0 Å². The van der Waals surface area contributed by atoms with E-state index in [2.05, 4.69) is 13.8 Å². The SMILES string of the molecule is CC(C)C/C=C/C(=O)CO. The first-order valence-corrected chi connectivity index (χ1v) is 3.47. The fourth-order valence-electron chi connectivity index (χ4n) is 0.524. The van der Waals surface area contributed by atoms with E-state index in [0.29, 0.717) is 5.92 Å². The maximum atomic E-state index is 10.5. The van der Waals surface area contributed by atoms with E-state index in [9.17, 15) is 4.79 Å². The van der Waals surface area contributed by atoms with Gasteiger partial charge in [-0.3, -0.25) is 4.79 Å². The molecule has 0 atom stereocenters. The van der Waals surface area contributed by atoms with Crippen LogP contribution in [-0.2, 0) is 4.79 Å². The molecule has 0 amide bonds. The molecule has 0 aromatic heterocycles. The van der Waals surface area contributed by atoms with Crippen molar-refractivity contribution >= 4 is 5.78 Å². The molecule has 0 aliphatic heterocycles. The van der Waals surface area contributed by atoms with E-state index in [1.54, 1.807) is 6.08 Å². The fourth-order valence-corrected chi connectivity index (χ4v) is 0.524. The number of ketones is 1. The molecule has 0 saturated carbocycles. The van der Waals surface area contributed by atoms with Crippen molar-refractivity contribution in [2.45, 2.75) is 20.3 Å². The number of aliphatic hydroxyl groups is 1. The van der Waals surface area contributed by atoms with Gasteiger partial charge in [0.2, 0.25) is 0 Å². The minimum atomic E-state index is -0.380. The summed E-state index contributed by atoms with van der Waals surface area (Å²) in [6, 6.07) is 0. The molecule has 0 unspecified atom stereocenters. The van der Waals surface area contributed by atoms with Gasteiger partial charge in [0.15, 0.2) is 5.78 Å². The first-order chi connectivity index (χ1) is 4.66. The summed E-state index contributed by atoms with van der Waals surface area (Å²) in [5.74, 6) is 0.350. The number of aliphatic hydroxyl groups excluding tert-OH is 1. The maximum absolute atomic E-state index is 10.5. The first kappa shape index (κ1) is 9.37. The Balaban J connectivity index is 3.46. The molecule has 10 heavy (non-hydrogen) atoms. The van der Waals surface area contributed by atoms with E-state index in [4.69, 9.17) is 5.11 Å². The van der Waals surface area contributed by atoms with Gasteiger partial charge in [0.05, 0.1) is 0 Å². The minimum absolute atomic E-state index is 0.222. The van der Waals surface area contributed by atoms with Crippen molar-refractivity contribution in [1.82, 2.24) is 0 Å². The Kier molecular flexibility index (Phi) is 4.85. The highest BCUT2D eigenvalue weighted by Gasteiger charge is 1.91. The lowest BCUT2D eigenvalue weighted by Gasteiger charge is -1.95. The number of hydrogen-bond donors (Lipinski definition) is 1. The van der Waals surface area contributed by atoms with Crippen LogP contribution in [0.1, 0.15) is 20.3 Å². The molecule has 0 bridgehead atoms. The smallest absolute Gasteiger partial charge is 0.180 e. The molecule has 0 rings (SSSR count). The normalized spacial score (nSPS) is 11.2. The van der Waals surface area contributed by atoms with Crippen molar-refractivity contribution in [2.75, 3.05) is 6.61 Å². The van der Waals surface area contributed by atoms with Gasteiger partial charge in [0, 0.05) is 0 Å². The lowest BCUT2D eigenvalue weighted by molar-refractivity contribution is -0.117. The van der Waals surface area contributed by atoms with Crippen LogP contribution in [0.15, 0.2) is 12.2 Å². The monoisotopic (exact) mass is 142 g/mol. The average Bonchev–Trinajstić information content (AvgIpc) is 1.87. The largest absolute Gasteiger partial charge is 0.388 e. The van der Waals surface area contributed by atoms with Crippen LogP contribution in [-0.4, -0.2) is 17.5 Å². The Hall–Kier alpha value is -0.630. The molecule has 0 aromatic carbocycles. The van der Waals surface area contributed by atoms with Crippen molar-refractivity contribution < 1.29 is 9.90 Å². The Bertz CT molecular complexity index is 125. The fraction of sp³-hybridized carbons (Fsp3) is 0.625. The summed E-state index contributed by atoms with van der Waals surface area (Å²) in [6.45, 7) is 3.77. The molecule has 58 valence electrons. The second-order valence-electron chi connectivity index (χ2n) is 2.66. The van der Waals surface area contributed by atoms with E-state index in [1.165, 1.54) is 6.08 Å². The summed E-state index contributed by atoms with van der Waals surface area (Å²) >= 11 is 0. The third-order valence-electron chi connectivity index (χ3n) is 1.07. The molecule has 0 aliphatic carbocycles. The van der Waals surface area contributed by atoms with Crippen molar-refractivity contribution in [3.63, 3.8) is 0 Å². The van der Waals surface area contributed by atoms with E-state index in [0.717, 1.165) is 6.42 Å². The number of hydrogen-bond acceptors (Lipinski definition) is 2. The zero-order valence-corrected chi connectivity index (χ0v) is 6.50. The van der Waals surface area contributed by atoms with Gasteiger partial charge in [-0.25, -0.2) is 0 Å². The Labute approximate surface area is 61.6 Å². The van der Waals surface area contributed by atoms with Gasteiger partial charge in [-0.05, 0) is 18.4 Å². The van der Waals surface area contributed by atoms with E-state index < -0.39 is 0 Å². The van der Waals surface area contributed by atoms with Crippen LogP contribution in [0.5, 0.6) is 0 Å². The molecule has 0 heterocycles. The molecular weight excluding hydrogens is 128 g/mol. The minimum Gasteiger partial charge on any atom is -0.388 e. The van der Waals surface area contributed by atoms with E-state index in [-0.39, 0.29) is 12.4 Å². The zero-order valence-electron chi connectivity index (χ0n) is 6.50. The van der Waals surface area contributed by atoms with Gasteiger partial charge in [-0.2, -0.15) is 0 Å². The van der Waals surface area contributed by atoms with Gasteiger partial charge in [0.1, 0.15) is 6.61 Å². The van der Waals surface area contributed by atoms with Crippen LogP contribution in [0.25, 0.3) is 0 Å². The highest BCUT2D eigenvalue weighted by Crippen LogP contribution is 1.99. The summed E-state index contributed by atoms with van der Waals surface area (Å²) in [5, 5.41) is 8.30. The predicted molar refractivity (Wildman–Crippen MR) is 40.7 cm³/mol. The topological polar surface area (TPSA) is 37.3 Å². The molecular formula is C8H14O2. The van der Waals surface area contributed by atoms with Crippen molar-refractivity contribution in [3.05, 3.63) is 12.2 Å². The van der Waals surface area contributed by atoms with Crippen LogP contribution in [0.3, 0.4) is 0 Å². The van der Waals surface area contributed by atoms with E-state index >= 15 is 0 Å². The van der Waals surface area contributed by atoms with Gasteiger partial charge >= 0.3 is 0 Å². The molecule has 0 fully saturated rings. The lowest BCUT2D eigenvalue weighted by Crippen LogP contribution is -1.98. The second kappa shape index (κ2) is 5.18. The quantitative estimate of drug-likeness (QED) is 0.598. The molecule has 0 aliphatic rings. The summed E-state index contributed by atoms with van der Waals surface area (Å²) in [7, 11) is 0. The zero-order chi connectivity index (χ0) is 7.98. The Morgan fingerprint density at radius 2 is 2.20 bits per heavy atom. The number of rotatable bonds is 4. The van der Waals surface area contributed by atoms with E-state index in [1.807, 2.05) is 0 Å². The molecule has 0 radical (unpaired) electrons. The van der Waals surface area contributed by atoms with Crippen LogP contribution in [0.4, 0.5) is 0 Å². The number of allylic oxidation sites excluding steroid dienone is 1. The number of carbonyl (C=O) groups is 1. The molecule has 2 nitrogen and oxygen atoms in total. The average molecular weight is 142 g/mol. The summed E-state index contributed by atoms with van der Waals surface area (Å²) in [5.41, 5.74) is 0. The highest BCUT2D eigenvalue weighted by atomic mass is 16.3. The summed E-state index contributed by atoms with van der Waals surface area (Å²) in [4.78, 5) is 10.5. The summed E-state index contributed by atoms with van der Waals surface area (Å²) in [6.07, 6.45) is 4.12. The molecule has 1 N–H and O–H groups in total. The third kappa shape index (κ3) is 5.51. The van der Waals surface area contributed by atoms with Crippen LogP contribution >= 0.6 is 0 Å². The molecule has 0 spiro atoms. The van der Waals surface area contributed by atoms with Crippen LogP contribution in [0.2, 0.25) is 0 Å². The molecule has 2 heteroatoms. The molecule has 0 aromatic rings. The van der Waals surface area contributed by atoms with Crippen LogP contribution in [0, 0.1) is 5.92 Å². The first-order valence-electron chi connectivity index (χ1n) is 3.47. The van der Waals surface area contributed by atoms with Gasteiger partial charge in [-0.1, -0.05) is 19.9 Å². The standard InChI is InChI=1S/C8H14O2/c1-7(2)4-3-5-8(10)6-9/h3,5,7,9H,4,6H2,1-2H3/b5-3+. The lowest BCUT2D eigenvalue weighted by atomic mass is 10.1. The van der Waals surface area contributed by atoms with Gasteiger partial charge in [0.25, 0.3) is 0 Å². The Morgan fingerprint density at radius 3 is 2.60 bits per heavy atom. The third-order valence-corrected chi connectivity index (χ3v) is 1.07. The summed E-state index contributed by atoms with van der Waals surface area (Å²) < 4.78 is 0. The van der Waals surface area contributed by atoms with Crippen molar-refractivity contribution in [1.29, 1.82) is 0 Å². The van der Waals surface area contributed by atoms with Crippen LogP contribution < -0.4 is 0 Å². The highest BCUT2D eigenvalue weighted by molar-refractivity contribution is 5.90. The van der Waals surface area contributed by atoms with Crippen molar-refractivity contribution in [2.24, 2.45) is 5.92 Å². The number of carbonyl (C=O) groups excluding carboxylic acids is 1. The predicted octanol–water partition coefficient (Wildman–Crippen LogP) is 1.15. The van der Waals surface area contributed by atoms with Gasteiger partial charge in [-0.15, -0.1) is 0 Å². The second-order valence-corrected chi connectivity index (χ2v) is 2.66. The molecule has 0 saturated heterocycles. The van der Waals surface area contributed by atoms with Gasteiger partial charge < -0.3 is 5.11 Å².